The Morgan fingerprint density at radius 3 is 2.69 bits per heavy atom. The number of amides is 1. The van der Waals surface area contributed by atoms with Crippen molar-refractivity contribution in [2.24, 2.45) is 0 Å². The van der Waals surface area contributed by atoms with Crippen molar-refractivity contribution in [3.8, 4) is 0 Å². The molecular formula is C17H19N5O3S. The molecule has 9 heteroatoms. The number of nitrogens with one attached hydrogen (secondary N) is 1. The lowest BCUT2D eigenvalue weighted by atomic mass is 10.1. The second-order valence-electron chi connectivity index (χ2n) is 6.16. The van der Waals surface area contributed by atoms with Crippen molar-refractivity contribution in [1.82, 2.24) is 14.3 Å². The number of hydrogen-bond acceptors (Lipinski definition) is 6. The van der Waals surface area contributed by atoms with Crippen molar-refractivity contribution in [2.75, 3.05) is 12.4 Å². The first-order chi connectivity index (χ1) is 12.4. The maximum absolute atomic E-state index is 12.3. The van der Waals surface area contributed by atoms with Crippen LogP contribution in [-0.4, -0.2) is 38.2 Å². The average molecular weight is 373 g/mol. The van der Waals surface area contributed by atoms with Crippen molar-refractivity contribution in [3.63, 3.8) is 0 Å². The molecule has 3 aromatic rings. The Bertz CT molecular complexity index is 945. The maximum Gasteiger partial charge on any atom is 0.372 e. The van der Waals surface area contributed by atoms with Crippen molar-refractivity contribution in [3.05, 3.63) is 57.1 Å². The molecule has 0 aliphatic heterocycles. The SMILES string of the molecule is CC(C)N(C)C(=O)c1ccc(CNc2nc3sccn3c2[N+](=O)[O-])cc1. The zero-order valence-electron chi connectivity index (χ0n) is 14.7. The van der Waals surface area contributed by atoms with E-state index in [-0.39, 0.29) is 23.6 Å². The molecule has 0 aliphatic carbocycles. The number of nitrogens with zero attached hydrogens (tertiary/aromatic N) is 4. The zero-order valence-corrected chi connectivity index (χ0v) is 15.5. The highest BCUT2D eigenvalue weighted by Crippen LogP contribution is 2.28. The fourth-order valence-corrected chi connectivity index (χ4v) is 3.17. The third-order valence-corrected chi connectivity index (χ3v) is 4.92. The lowest BCUT2D eigenvalue weighted by Gasteiger charge is -2.21. The minimum absolute atomic E-state index is 0.0375. The number of benzene rings is 1. The highest BCUT2D eigenvalue weighted by Gasteiger charge is 2.23. The van der Waals surface area contributed by atoms with Crippen LogP contribution in [0.4, 0.5) is 11.6 Å². The second kappa shape index (κ2) is 7.12. The summed E-state index contributed by atoms with van der Waals surface area (Å²) in [5, 5.41) is 16.1. The van der Waals surface area contributed by atoms with Crippen molar-refractivity contribution >= 4 is 33.8 Å². The average Bonchev–Trinajstić information content (AvgIpc) is 3.19. The smallest absolute Gasteiger partial charge is 0.359 e. The van der Waals surface area contributed by atoms with Gasteiger partial charge in [0.1, 0.15) is 6.20 Å². The molecule has 136 valence electrons. The van der Waals surface area contributed by atoms with E-state index in [0.717, 1.165) is 5.56 Å². The molecule has 1 amide bonds. The summed E-state index contributed by atoms with van der Waals surface area (Å²) >= 11 is 1.34. The summed E-state index contributed by atoms with van der Waals surface area (Å²) in [6.45, 7) is 4.29. The number of aromatic nitrogens is 2. The van der Waals surface area contributed by atoms with E-state index in [0.29, 0.717) is 17.1 Å². The monoisotopic (exact) mass is 373 g/mol. The number of nitro groups is 1. The van der Waals surface area contributed by atoms with Gasteiger partial charge in [0, 0.05) is 30.6 Å². The van der Waals surface area contributed by atoms with Crippen molar-refractivity contribution in [2.45, 2.75) is 26.4 Å². The van der Waals surface area contributed by atoms with Crippen LogP contribution in [0.15, 0.2) is 35.8 Å². The van der Waals surface area contributed by atoms with Gasteiger partial charge >= 0.3 is 5.82 Å². The summed E-state index contributed by atoms with van der Waals surface area (Å²) < 4.78 is 1.45. The minimum atomic E-state index is -0.446. The largest absolute Gasteiger partial charge is 0.372 e. The van der Waals surface area contributed by atoms with Gasteiger partial charge in [0.15, 0.2) is 0 Å². The first kappa shape index (κ1) is 17.9. The van der Waals surface area contributed by atoms with Crippen molar-refractivity contribution in [1.29, 1.82) is 0 Å². The standard InChI is InChI=1S/C17H19N5O3S/c1-11(2)20(3)16(23)13-6-4-12(5-7-13)10-18-14-15(22(24)25)21-8-9-26-17(21)19-14/h4-9,11,18H,10H2,1-3H3. The molecule has 0 saturated heterocycles. The Hall–Kier alpha value is -2.94. The quantitative estimate of drug-likeness (QED) is 0.528. The molecular weight excluding hydrogens is 354 g/mol. The molecule has 8 nitrogen and oxygen atoms in total. The number of thiazole rings is 1. The number of rotatable bonds is 6. The Morgan fingerprint density at radius 2 is 2.08 bits per heavy atom. The molecule has 26 heavy (non-hydrogen) atoms. The van der Waals surface area contributed by atoms with Gasteiger partial charge in [-0.05, 0) is 36.5 Å². The Balaban J connectivity index is 1.73. The van der Waals surface area contributed by atoms with Crippen LogP contribution in [-0.2, 0) is 6.54 Å². The van der Waals surface area contributed by atoms with Gasteiger partial charge < -0.3 is 20.3 Å². The Morgan fingerprint density at radius 1 is 1.38 bits per heavy atom. The molecule has 1 N–H and O–H groups in total. The topological polar surface area (TPSA) is 92.8 Å². The third kappa shape index (κ3) is 3.38. The Labute approximate surface area is 154 Å². The van der Waals surface area contributed by atoms with E-state index in [2.05, 4.69) is 10.3 Å². The van der Waals surface area contributed by atoms with Crippen LogP contribution in [0.5, 0.6) is 0 Å². The molecule has 0 radical (unpaired) electrons. The normalized spacial score (nSPS) is 11.1. The fraction of sp³-hybridized carbons (Fsp3) is 0.294. The number of fused-ring (bicyclic) bond motifs is 1. The summed E-state index contributed by atoms with van der Waals surface area (Å²) in [5.74, 6) is 0.123. The highest BCUT2D eigenvalue weighted by molar-refractivity contribution is 7.15. The first-order valence-electron chi connectivity index (χ1n) is 8.08. The molecule has 0 atom stereocenters. The third-order valence-electron chi connectivity index (χ3n) is 4.17. The maximum atomic E-state index is 12.3. The van der Waals surface area contributed by atoms with Gasteiger partial charge in [-0.2, -0.15) is 9.38 Å². The first-order valence-corrected chi connectivity index (χ1v) is 8.96. The summed E-state index contributed by atoms with van der Waals surface area (Å²) in [4.78, 5) is 29.7. The van der Waals surface area contributed by atoms with Crippen LogP contribution < -0.4 is 5.32 Å². The summed E-state index contributed by atoms with van der Waals surface area (Å²) in [6.07, 6.45) is 1.63. The van der Waals surface area contributed by atoms with E-state index in [4.69, 9.17) is 0 Å². The summed E-state index contributed by atoms with van der Waals surface area (Å²) in [5.41, 5.74) is 1.51. The molecule has 2 aromatic heterocycles. The number of carbonyl (C=O) groups excluding carboxylic acids is 1. The van der Waals surface area contributed by atoms with Crippen LogP contribution in [0.1, 0.15) is 29.8 Å². The molecule has 1 aromatic carbocycles. The van der Waals surface area contributed by atoms with Crippen LogP contribution in [0.25, 0.3) is 4.96 Å². The predicted molar refractivity (Wildman–Crippen MR) is 101 cm³/mol. The molecule has 0 saturated carbocycles. The number of imidazole rings is 1. The van der Waals surface area contributed by atoms with E-state index >= 15 is 0 Å². The molecule has 0 spiro atoms. The number of carbonyl (C=O) groups is 1. The highest BCUT2D eigenvalue weighted by atomic mass is 32.1. The van der Waals surface area contributed by atoms with Crippen molar-refractivity contribution < 1.29 is 9.72 Å². The molecule has 2 heterocycles. The van der Waals surface area contributed by atoms with Gasteiger partial charge in [0.25, 0.3) is 10.9 Å². The summed E-state index contributed by atoms with van der Waals surface area (Å²) in [6, 6.07) is 7.31. The van der Waals surface area contributed by atoms with Gasteiger partial charge in [0.05, 0.1) is 0 Å². The van der Waals surface area contributed by atoms with Gasteiger partial charge in [-0.25, -0.2) is 0 Å². The molecule has 0 fully saturated rings. The lowest BCUT2D eigenvalue weighted by Crippen LogP contribution is -2.32. The van der Waals surface area contributed by atoms with E-state index in [1.165, 1.54) is 15.7 Å². The van der Waals surface area contributed by atoms with Gasteiger partial charge in [-0.1, -0.05) is 23.5 Å². The molecule has 0 unspecified atom stereocenters. The van der Waals surface area contributed by atoms with Crippen LogP contribution in [0.2, 0.25) is 0 Å². The minimum Gasteiger partial charge on any atom is -0.359 e. The number of anilines is 1. The van der Waals surface area contributed by atoms with E-state index < -0.39 is 4.92 Å². The molecule has 3 rings (SSSR count). The lowest BCUT2D eigenvalue weighted by molar-refractivity contribution is -0.389. The molecule has 0 aliphatic rings. The predicted octanol–water partition coefficient (Wildman–Crippen LogP) is 3.40. The van der Waals surface area contributed by atoms with Gasteiger partial charge in [-0.3, -0.25) is 4.79 Å². The zero-order chi connectivity index (χ0) is 18.8. The van der Waals surface area contributed by atoms with E-state index in [9.17, 15) is 14.9 Å². The fourth-order valence-electron chi connectivity index (χ4n) is 2.46. The van der Waals surface area contributed by atoms with E-state index in [1.54, 1.807) is 35.7 Å². The van der Waals surface area contributed by atoms with E-state index in [1.807, 2.05) is 26.0 Å². The second-order valence-corrected chi connectivity index (χ2v) is 7.03. The Kier molecular flexibility index (Phi) is 4.90. The van der Waals surface area contributed by atoms with Gasteiger partial charge in [0.2, 0.25) is 5.82 Å². The summed E-state index contributed by atoms with van der Waals surface area (Å²) in [7, 11) is 1.77. The van der Waals surface area contributed by atoms with Crippen LogP contribution >= 0.6 is 11.3 Å². The van der Waals surface area contributed by atoms with Crippen LogP contribution in [0.3, 0.4) is 0 Å². The van der Waals surface area contributed by atoms with Gasteiger partial charge in [-0.15, -0.1) is 0 Å². The number of hydrogen-bond donors (Lipinski definition) is 1. The van der Waals surface area contributed by atoms with Crippen LogP contribution in [0, 0.1) is 10.1 Å². The molecule has 0 bridgehead atoms.